The van der Waals surface area contributed by atoms with Gasteiger partial charge in [-0.3, -0.25) is 0 Å². The molecule has 0 rings (SSSR count). The number of hydrogen-bond acceptors (Lipinski definition) is 0. The van der Waals surface area contributed by atoms with Crippen molar-refractivity contribution in [3.63, 3.8) is 0 Å². The van der Waals surface area contributed by atoms with E-state index in [1.54, 1.807) is 0 Å². The minimum Gasteiger partial charge on any atom is -0.0776 e. The molecule has 0 amide bonds. The van der Waals surface area contributed by atoms with Crippen LogP contribution in [0.2, 0.25) is 0 Å². The van der Waals surface area contributed by atoms with E-state index in [2.05, 4.69) is 0 Å². The van der Waals surface area contributed by atoms with E-state index in [0.29, 0.717) is 0 Å². The summed E-state index contributed by atoms with van der Waals surface area (Å²) in [5, 5.41) is 0. The first kappa shape index (κ1) is 0. The Balaban J connectivity index is 0. The van der Waals surface area contributed by atoms with Gasteiger partial charge in [0.05, 0.1) is 0 Å². The van der Waals surface area contributed by atoms with Crippen molar-refractivity contribution in [1.29, 1.82) is 0 Å². The molecule has 0 atom stereocenters. The van der Waals surface area contributed by atoms with E-state index in [4.69, 9.17) is 0 Å². The topological polar surface area (TPSA) is 0 Å². The van der Waals surface area contributed by atoms with Crippen molar-refractivity contribution in [3.8, 4) is 0 Å². The van der Waals surface area contributed by atoms with Gasteiger partial charge in [0.15, 0.2) is 0 Å². The molecule has 0 aliphatic heterocycles. The van der Waals surface area contributed by atoms with Crippen LogP contribution >= 0.6 is 0 Å². The van der Waals surface area contributed by atoms with E-state index in [1.807, 2.05) is 0 Å². The first-order valence-electron chi connectivity index (χ1n) is 0. The zero-order valence-corrected chi connectivity index (χ0v) is 0. The quantitative estimate of drug-likeness (QED) is 0.227. The lowest BCUT2D eigenvalue weighted by Gasteiger charge is -0.0786. The zero-order chi connectivity index (χ0) is 0. The summed E-state index contributed by atoms with van der Waals surface area (Å²) in [6.07, 6.45) is 0. The second-order valence-electron chi connectivity index (χ2n) is 0. The Bertz CT molecular complexity index is 7.74. The van der Waals surface area contributed by atoms with Crippen LogP contribution in [0.5, 0.6) is 0 Å². The molecule has 0 N–H and O–H groups in total. The predicted molar refractivity (Wildman–Crippen MR) is 527 cm³/mol. The van der Waals surface area contributed by atoms with Crippen molar-refractivity contribution in [2.75, 3.05) is 0 Å². The Labute approximate surface area is 578 Å². The highest BCUT2D eigenvalue weighted by molar-refractivity contribution is 2.58. The highest BCUT2D eigenvalue weighted by Gasteiger charge is -0.000558. The number of hydrogen-bond donors (Lipinski definition) is 0. The molecule has 0 heteroatoms. The lowest BCUT2D eigenvalue weighted by molar-refractivity contribution is 2.50. The molecule has 78 heavy (non-hydrogen) atoms. The van der Waals surface area contributed by atoms with E-state index in [1.165, 1.54) is 0 Å². The molecule has 0 aliphatic carbocycles. The molecule has 0 saturated heterocycles. The summed E-state index contributed by atoms with van der Waals surface area (Å²) in [6.45, 7) is 0. The molecule has 0 saturated carbocycles. The third-order valence-corrected chi connectivity index (χ3v) is 0. The van der Waals surface area contributed by atoms with E-state index in [9.17, 15) is 0 Å². The van der Waals surface area contributed by atoms with E-state index in [-0.39, 0.29) is 581 Å². The van der Waals surface area contributed by atoms with Crippen LogP contribution in [0.25, 0.3) is 0 Å². The standard InChI is InChI=1S/78CH4.H2/h78*1H4;1H/i;;;;;;;;;;;;;;;;;;;;;;;;;;;;;;;;;;;;;;;;;;;;;;;;;;;;;;;;;;;;;;;;;;;;;;;;;;;;;;1+2. The molecule has 0 aliphatic rings. The maximum atomic E-state index is 0. The molecule has 0 unspecified atom stereocenters. The molecule has 0 radical (unpaired) electrons. The average molecular weight is 1260 g/mol. The van der Waals surface area contributed by atoms with Crippen LogP contribution in [-0.2, 0) is 0 Å². The van der Waals surface area contributed by atoms with Crippen molar-refractivity contribution in [3.05, 3.63) is 0 Å². The fourth-order valence-electron chi connectivity index (χ4n) is 0. The Hall–Kier alpha value is 0. The van der Waals surface area contributed by atoms with Crippen LogP contribution in [0.4, 0.5) is 0 Å². The molecule has 0 spiro atoms. The fourth-order valence-corrected chi connectivity index (χ4v) is 0. The Kier molecular flexibility index (Phi) is 0. The lowest BCUT2D eigenvalue weighted by Crippen LogP contribution is 0.143. The summed E-state index contributed by atoms with van der Waals surface area (Å²) < 4.78 is 0. The van der Waals surface area contributed by atoms with Gasteiger partial charge in [-0.2, -0.15) is 0 Å². The minimum absolute atomic E-state index is 0. The molecule has 0 aromatic carbocycles. The van der Waals surface area contributed by atoms with Gasteiger partial charge in [0.25, 0.3) is 0 Å². The number of rotatable bonds is 0. The molecule has 0 aromatic rings. The smallest absolute Gasteiger partial charge is 0 e. The second-order valence-corrected chi connectivity index (χ2v) is 0. The lowest BCUT2D eigenvalue weighted by atomic mass is 12.0. The van der Waals surface area contributed by atoms with Gasteiger partial charge >= 0.3 is 0 Å². The Morgan fingerprint density at radius 1 is 0.0256 bits per heavy atom. The third-order valence-electron chi connectivity index (χ3n) is 0. The van der Waals surface area contributed by atoms with Crippen molar-refractivity contribution < 1.29 is 1.43 Å². The summed E-state index contributed by atoms with van der Waals surface area (Å²) in [7, 11) is 0. The van der Waals surface area contributed by atoms with Gasteiger partial charge in [0, 0.05) is 1.43 Å². The maximum absolute atomic E-state index is 0. The molecule has 0 fully saturated rings. The van der Waals surface area contributed by atoms with Crippen molar-refractivity contribution in [1.82, 2.24) is 0 Å². The molecule has 0 aromatic heterocycles. The molecule has 626 valence electrons. The van der Waals surface area contributed by atoms with Crippen molar-refractivity contribution in [2.45, 2.75) is 579 Å². The SMILES string of the molecule is C.C.C.C.C.C.C.C.C.C.C.C.C.C.C.C.C.C.C.C.C.C.C.C.C.C.C.C.C.C.C.C.C.C.C.C.C.C.C.C.C.C.C.C.C.C.C.C.C.C.C.C.C.C.C.C.C.C.C.C.C.C.C.C.C.C.C.C.C.C.C.C.C.C.C.C.C.C.[3HH]. The molecule has 0 nitrogen and oxygen atoms in total. The molecule has 0 bridgehead atoms. The van der Waals surface area contributed by atoms with Gasteiger partial charge in [0.2, 0.25) is 0 Å². The van der Waals surface area contributed by atoms with Crippen LogP contribution in [0.15, 0.2) is 0 Å². The van der Waals surface area contributed by atoms with E-state index < -0.39 is 0 Å². The Morgan fingerprint density at radius 2 is 0.0256 bits per heavy atom. The molecular formula is C78H314. The summed E-state index contributed by atoms with van der Waals surface area (Å²) >= 11 is 0. The first-order chi connectivity index (χ1) is 0. The van der Waals surface area contributed by atoms with Crippen LogP contribution < -0.4 is 0 Å². The second kappa shape index (κ2) is 0. The van der Waals surface area contributed by atoms with Crippen molar-refractivity contribution in [2.24, 2.45) is 0 Å². The summed E-state index contributed by atoms with van der Waals surface area (Å²) in [6, 6.07) is 0. The third kappa shape index (κ3) is 0. The largest absolute Gasteiger partial charge is 0.0776 e. The van der Waals surface area contributed by atoms with Gasteiger partial charge in [-0.25, -0.2) is 0 Å². The summed E-state index contributed by atoms with van der Waals surface area (Å²) in [5.74, 6) is 0. The van der Waals surface area contributed by atoms with Crippen LogP contribution in [0.3, 0.4) is 0 Å². The van der Waals surface area contributed by atoms with E-state index >= 15 is 0 Å². The fraction of sp³-hybridized carbons (Fsp3) is 1.00. The average Bonchev–Trinajstić information content (AvgIpc) is 0. The normalized spacial score (nSPS) is 0. The van der Waals surface area contributed by atoms with Gasteiger partial charge in [-0.1, -0.05) is 579 Å². The Morgan fingerprint density at radius 3 is 0.0256 bits per heavy atom. The molecular weight excluding hydrogens is 937 g/mol. The molecule has 0 heterocycles. The van der Waals surface area contributed by atoms with Crippen LogP contribution in [0.1, 0.15) is 581 Å². The summed E-state index contributed by atoms with van der Waals surface area (Å²) in [5.41, 5.74) is 0. The van der Waals surface area contributed by atoms with Gasteiger partial charge in [-0.15, -0.1) is 0 Å². The van der Waals surface area contributed by atoms with Crippen molar-refractivity contribution >= 4 is 0 Å². The highest BCUT2D eigenvalue weighted by atomic mass is 12.1. The first-order valence-corrected chi connectivity index (χ1v) is 0. The van der Waals surface area contributed by atoms with Gasteiger partial charge < -0.3 is 0 Å². The summed E-state index contributed by atoms with van der Waals surface area (Å²) in [4.78, 5) is 0. The zero-order valence-electron chi connectivity index (χ0n) is 0. The van der Waals surface area contributed by atoms with Crippen LogP contribution in [0, 0.1) is 0 Å². The predicted octanol–water partition coefficient (Wildman–Crippen LogP) is 49.9. The monoisotopic (exact) mass is 1250 g/mol. The minimum atomic E-state index is 0. The van der Waals surface area contributed by atoms with Gasteiger partial charge in [0.1, 0.15) is 0 Å². The van der Waals surface area contributed by atoms with E-state index in [0.717, 1.165) is 0 Å². The maximum Gasteiger partial charge on any atom is 0 e. The van der Waals surface area contributed by atoms with Crippen LogP contribution in [-0.4, -0.2) is 0 Å². The highest BCUT2D eigenvalue weighted by Crippen LogP contribution is 0.221. The van der Waals surface area contributed by atoms with Gasteiger partial charge in [-0.05, 0) is 0 Å².